The van der Waals surface area contributed by atoms with Gasteiger partial charge in [-0.15, -0.1) is 0 Å². The fourth-order valence-corrected chi connectivity index (χ4v) is 3.05. The van der Waals surface area contributed by atoms with Gasteiger partial charge in [0.05, 0.1) is 0 Å². The molecule has 0 aliphatic heterocycles. The van der Waals surface area contributed by atoms with E-state index in [0.29, 0.717) is 0 Å². The standard InChI is InChI=1S/C18H22N2O/c1-12-8-13(2)17(14(3)9-12)10-15(11-19)18(21)20-16-6-4-5-7-16/h8-10,16H,4-7H2,1-3H3,(H,20,21)/b15-10-. The number of aryl methyl sites for hydroxylation is 3. The van der Waals surface area contributed by atoms with E-state index in [0.717, 1.165) is 42.4 Å². The maximum absolute atomic E-state index is 12.2. The minimum absolute atomic E-state index is 0.192. The van der Waals surface area contributed by atoms with E-state index in [-0.39, 0.29) is 17.5 Å². The average Bonchev–Trinajstić information content (AvgIpc) is 2.90. The maximum Gasteiger partial charge on any atom is 0.262 e. The first-order chi connectivity index (χ1) is 10.0. The number of nitriles is 1. The lowest BCUT2D eigenvalue weighted by molar-refractivity contribution is -0.117. The van der Waals surface area contributed by atoms with E-state index in [1.807, 2.05) is 26.8 Å². The maximum atomic E-state index is 12.2. The highest BCUT2D eigenvalue weighted by molar-refractivity contribution is 6.02. The molecule has 1 aromatic rings. The summed E-state index contributed by atoms with van der Waals surface area (Å²) in [4.78, 5) is 12.2. The molecule has 0 radical (unpaired) electrons. The van der Waals surface area contributed by atoms with Crippen LogP contribution in [0.3, 0.4) is 0 Å². The smallest absolute Gasteiger partial charge is 0.262 e. The summed E-state index contributed by atoms with van der Waals surface area (Å²) >= 11 is 0. The van der Waals surface area contributed by atoms with Crippen molar-refractivity contribution in [2.24, 2.45) is 0 Å². The molecule has 1 aromatic carbocycles. The zero-order chi connectivity index (χ0) is 15.4. The summed E-state index contributed by atoms with van der Waals surface area (Å²) in [6, 6.07) is 6.42. The summed E-state index contributed by atoms with van der Waals surface area (Å²) in [5, 5.41) is 12.3. The number of hydrogen-bond acceptors (Lipinski definition) is 2. The van der Waals surface area contributed by atoms with Gasteiger partial charge in [0, 0.05) is 6.04 Å². The second-order valence-electron chi connectivity index (χ2n) is 5.94. The molecule has 0 bridgehead atoms. The third-order valence-corrected chi connectivity index (χ3v) is 4.08. The molecule has 0 atom stereocenters. The second kappa shape index (κ2) is 6.58. The Morgan fingerprint density at radius 2 is 1.81 bits per heavy atom. The van der Waals surface area contributed by atoms with Crippen molar-refractivity contribution in [2.45, 2.75) is 52.5 Å². The largest absolute Gasteiger partial charge is 0.349 e. The number of amides is 1. The summed E-state index contributed by atoms with van der Waals surface area (Å²) in [5.74, 6) is -0.247. The third kappa shape index (κ3) is 3.72. The molecule has 1 amide bonds. The zero-order valence-corrected chi connectivity index (χ0v) is 13.0. The highest BCUT2D eigenvalue weighted by Gasteiger charge is 2.19. The predicted molar refractivity (Wildman–Crippen MR) is 84.6 cm³/mol. The number of nitrogens with zero attached hydrogens (tertiary/aromatic N) is 1. The van der Waals surface area contributed by atoms with Gasteiger partial charge >= 0.3 is 0 Å². The average molecular weight is 282 g/mol. The monoisotopic (exact) mass is 282 g/mol. The van der Waals surface area contributed by atoms with Crippen LogP contribution in [0.25, 0.3) is 6.08 Å². The van der Waals surface area contributed by atoms with E-state index in [1.54, 1.807) is 6.08 Å². The molecule has 0 spiro atoms. The molecule has 3 nitrogen and oxygen atoms in total. The van der Waals surface area contributed by atoms with Gasteiger partial charge in [0.2, 0.25) is 0 Å². The highest BCUT2D eigenvalue weighted by atomic mass is 16.1. The lowest BCUT2D eigenvalue weighted by atomic mass is 9.98. The molecule has 0 unspecified atom stereocenters. The van der Waals surface area contributed by atoms with Gasteiger partial charge < -0.3 is 5.32 Å². The van der Waals surface area contributed by atoms with Gasteiger partial charge in [-0.05, 0) is 56.4 Å². The fraction of sp³-hybridized carbons (Fsp3) is 0.444. The first-order valence-electron chi connectivity index (χ1n) is 7.51. The van der Waals surface area contributed by atoms with Gasteiger partial charge in [-0.1, -0.05) is 30.5 Å². The molecular weight excluding hydrogens is 260 g/mol. The van der Waals surface area contributed by atoms with Crippen molar-refractivity contribution in [3.05, 3.63) is 40.0 Å². The number of hydrogen-bond donors (Lipinski definition) is 1. The summed E-state index contributed by atoms with van der Waals surface area (Å²) in [5.41, 5.74) is 4.54. The summed E-state index contributed by atoms with van der Waals surface area (Å²) < 4.78 is 0. The molecule has 2 rings (SSSR count). The minimum Gasteiger partial charge on any atom is -0.349 e. The lowest BCUT2D eigenvalue weighted by Gasteiger charge is -2.12. The van der Waals surface area contributed by atoms with E-state index in [9.17, 15) is 10.1 Å². The number of rotatable bonds is 3. The van der Waals surface area contributed by atoms with E-state index >= 15 is 0 Å². The molecule has 1 fully saturated rings. The Kier molecular flexibility index (Phi) is 4.80. The summed E-state index contributed by atoms with van der Waals surface area (Å²) in [6.45, 7) is 6.07. The zero-order valence-electron chi connectivity index (χ0n) is 13.0. The Balaban J connectivity index is 2.24. The van der Waals surface area contributed by atoms with Crippen LogP contribution in [-0.4, -0.2) is 11.9 Å². The van der Waals surface area contributed by atoms with Gasteiger partial charge in [-0.2, -0.15) is 5.26 Å². The van der Waals surface area contributed by atoms with Crippen molar-refractivity contribution in [2.75, 3.05) is 0 Å². The minimum atomic E-state index is -0.247. The third-order valence-electron chi connectivity index (χ3n) is 4.08. The molecule has 0 heterocycles. The van der Waals surface area contributed by atoms with E-state index in [1.165, 1.54) is 5.56 Å². The fourth-order valence-electron chi connectivity index (χ4n) is 3.05. The highest BCUT2D eigenvalue weighted by Crippen LogP contribution is 2.21. The molecule has 1 aliphatic rings. The quantitative estimate of drug-likeness (QED) is 0.680. The van der Waals surface area contributed by atoms with E-state index < -0.39 is 0 Å². The Hall–Kier alpha value is -2.08. The molecule has 0 aromatic heterocycles. The van der Waals surface area contributed by atoms with Crippen molar-refractivity contribution in [1.29, 1.82) is 5.26 Å². The van der Waals surface area contributed by atoms with Crippen molar-refractivity contribution in [1.82, 2.24) is 5.32 Å². The number of carbonyl (C=O) groups excluding carboxylic acids is 1. The van der Waals surface area contributed by atoms with Crippen LogP contribution in [0.2, 0.25) is 0 Å². The first kappa shape index (κ1) is 15.3. The lowest BCUT2D eigenvalue weighted by Crippen LogP contribution is -2.33. The van der Waals surface area contributed by atoms with Crippen molar-refractivity contribution >= 4 is 12.0 Å². The van der Waals surface area contributed by atoms with Crippen LogP contribution < -0.4 is 5.32 Å². The molecule has 21 heavy (non-hydrogen) atoms. The second-order valence-corrected chi connectivity index (χ2v) is 5.94. The SMILES string of the molecule is Cc1cc(C)c(/C=C(/C#N)C(=O)NC2CCCC2)c(C)c1. The van der Waals surface area contributed by atoms with Crippen LogP contribution in [0, 0.1) is 32.1 Å². The van der Waals surface area contributed by atoms with Gasteiger partial charge in [-0.25, -0.2) is 0 Å². The van der Waals surface area contributed by atoms with Gasteiger partial charge in [0.15, 0.2) is 0 Å². The Labute approximate surface area is 126 Å². The van der Waals surface area contributed by atoms with Gasteiger partial charge in [0.1, 0.15) is 11.6 Å². The molecule has 3 heteroatoms. The topological polar surface area (TPSA) is 52.9 Å². The molecular formula is C18H22N2O. The van der Waals surface area contributed by atoms with E-state index in [4.69, 9.17) is 0 Å². The molecule has 110 valence electrons. The molecule has 1 aliphatic carbocycles. The number of nitrogens with one attached hydrogen (secondary N) is 1. The Morgan fingerprint density at radius 1 is 1.24 bits per heavy atom. The first-order valence-corrected chi connectivity index (χ1v) is 7.51. The normalized spacial score (nSPS) is 15.8. The molecule has 0 saturated heterocycles. The summed E-state index contributed by atoms with van der Waals surface area (Å²) in [6.07, 6.45) is 6.08. The van der Waals surface area contributed by atoms with Crippen molar-refractivity contribution < 1.29 is 4.79 Å². The van der Waals surface area contributed by atoms with Crippen LogP contribution in [0.1, 0.15) is 47.9 Å². The van der Waals surface area contributed by atoms with Gasteiger partial charge in [-0.3, -0.25) is 4.79 Å². The van der Waals surface area contributed by atoms with Crippen LogP contribution >= 0.6 is 0 Å². The molecule has 1 N–H and O–H groups in total. The number of benzene rings is 1. The predicted octanol–water partition coefficient (Wildman–Crippen LogP) is 3.58. The summed E-state index contributed by atoms with van der Waals surface area (Å²) in [7, 11) is 0. The Morgan fingerprint density at radius 3 is 2.33 bits per heavy atom. The van der Waals surface area contributed by atoms with Crippen molar-refractivity contribution in [3.63, 3.8) is 0 Å². The van der Waals surface area contributed by atoms with E-state index in [2.05, 4.69) is 17.4 Å². The molecule has 1 saturated carbocycles. The number of carbonyl (C=O) groups is 1. The van der Waals surface area contributed by atoms with Crippen LogP contribution in [0.5, 0.6) is 0 Å². The van der Waals surface area contributed by atoms with Crippen LogP contribution in [-0.2, 0) is 4.79 Å². The van der Waals surface area contributed by atoms with Gasteiger partial charge in [0.25, 0.3) is 5.91 Å². The van der Waals surface area contributed by atoms with Crippen molar-refractivity contribution in [3.8, 4) is 6.07 Å². The van der Waals surface area contributed by atoms with Crippen LogP contribution in [0.4, 0.5) is 0 Å². The van der Waals surface area contributed by atoms with Crippen LogP contribution in [0.15, 0.2) is 17.7 Å². The Bertz CT molecular complexity index is 594.